The van der Waals surface area contributed by atoms with Crippen LogP contribution >= 0.6 is 0 Å². The van der Waals surface area contributed by atoms with Crippen LogP contribution in [0.2, 0.25) is 0 Å². The molecule has 1 amide bonds. The van der Waals surface area contributed by atoms with E-state index in [1.54, 1.807) is 24.3 Å². The number of amides is 1. The zero-order valence-electron chi connectivity index (χ0n) is 13.6. The van der Waals surface area contributed by atoms with Crippen molar-refractivity contribution < 1.29 is 28.9 Å². The molecule has 7 heteroatoms. The van der Waals surface area contributed by atoms with E-state index >= 15 is 0 Å². The van der Waals surface area contributed by atoms with Gasteiger partial charge in [-0.2, -0.15) is 0 Å². The number of fused-ring (bicyclic) bond motifs is 1. The fraction of sp³-hybridized carbons (Fsp3) is 0.222. The van der Waals surface area contributed by atoms with E-state index in [4.69, 9.17) is 19.3 Å². The molecule has 3 rings (SSSR count). The first kappa shape index (κ1) is 16.6. The summed E-state index contributed by atoms with van der Waals surface area (Å²) in [7, 11) is 0. The summed E-state index contributed by atoms with van der Waals surface area (Å²) in [4.78, 5) is 23.1. The lowest BCUT2D eigenvalue weighted by Crippen LogP contribution is -2.28. The molecule has 0 spiro atoms. The maximum Gasteiger partial charge on any atom is 0.339 e. The third-order valence-corrected chi connectivity index (χ3v) is 3.65. The summed E-state index contributed by atoms with van der Waals surface area (Å²) in [6.45, 7) is 2.05. The average molecular weight is 343 g/mol. The topological polar surface area (TPSA) is 94.1 Å². The molecule has 0 saturated carbocycles. The molecule has 2 aromatic rings. The van der Waals surface area contributed by atoms with Crippen LogP contribution in [0, 0.1) is 6.92 Å². The van der Waals surface area contributed by atoms with Gasteiger partial charge in [0.2, 0.25) is 6.79 Å². The van der Waals surface area contributed by atoms with Crippen molar-refractivity contribution in [1.29, 1.82) is 0 Å². The SMILES string of the molecule is Cc1ccc(C(=O)O)c(OCC(=O)NCc2ccc3c(c2)OCO3)c1. The number of nitrogens with one attached hydrogen (secondary N) is 1. The van der Waals surface area contributed by atoms with E-state index < -0.39 is 5.97 Å². The lowest BCUT2D eigenvalue weighted by atomic mass is 10.1. The molecule has 2 N–H and O–H groups in total. The van der Waals surface area contributed by atoms with Crippen molar-refractivity contribution in [2.24, 2.45) is 0 Å². The van der Waals surface area contributed by atoms with Gasteiger partial charge in [-0.15, -0.1) is 0 Å². The highest BCUT2D eigenvalue weighted by molar-refractivity contribution is 5.91. The van der Waals surface area contributed by atoms with Gasteiger partial charge in [-0.1, -0.05) is 12.1 Å². The van der Waals surface area contributed by atoms with Crippen molar-refractivity contribution in [3.63, 3.8) is 0 Å². The molecule has 0 aliphatic carbocycles. The fourth-order valence-electron chi connectivity index (χ4n) is 2.37. The second kappa shape index (κ2) is 7.12. The van der Waals surface area contributed by atoms with E-state index in [2.05, 4.69) is 5.32 Å². The van der Waals surface area contributed by atoms with Gasteiger partial charge in [-0.25, -0.2) is 4.79 Å². The Hall–Kier alpha value is -3.22. The zero-order valence-corrected chi connectivity index (χ0v) is 13.6. The maximum atomic E-state index is 12.0. The van der Waals surface area contributed by atoms with Crippen molar-refractivity contribution in [1.82, 2.24) is 5.32 Å². The smallest absolute Gasteiger partial charge is 0.339 e. The number of benzene rings is 2. The molecule has 2 aromatic carbocycles. The number of hydrogen-bond donors (Lipinski definition) is 2. The van der Waals surface area contributed by atoms with Gasteiger partial charge in [0.1, 0.15) is 11.3 Å². The van der Waals surface area contributed by atoms with Crippen LogP contribution in [0.15, 0.2) is 36.4 Å². The minimum Gasteiger partial charge on any atom is -0.483 e. The Morgan fingerprint density at radius 2 is 1.96 bits per heavy atom. The normalized spacial score (nSPS) is 11.9. The van der Waals surface area contributed by atoms with Gasteiger partial charge < -0.3 is 24.6 Å². The number of aromatic carboxylic acids is 1. The van der Waals surface area contributed by atoms with E-state index in [9.17, 15) is 9.59 Å². The highest BCUT2D eigenvalue weighted by Crippen LogP contribution is 2.32. The van der Waals surface area contributed by atoms with Crippen LogP contribution in [0.3, 0.4) is 0 Å². The number of carbonyl (C=O) groups excluding carboxylic acids is 1. The Labute approximate surface area is 144 Å². The predicted molar refractivity (Wildman–Crippen MR) is 88.0 cm³/mol. The van der Waals surface area contributed by atoms with Crippen LogP contribution in [0.25, 0.3) is 0 Å². The number of carboxylic acids is 1. The molecule has 0 saturated heterocycles. The zero-order chi connectivity index (χ0) is 17.8. The monoisotopic (exact) mass is 343 g/mol. The van der Waals surface area contributed by atoms with Crippen LogP contribution in [0.1, 0.15) is 21.5 Å². The van der Waals surface area contributed by atoms with Crippen molar-refractivity contribution in [2.75, 3.05) is 13.4 Å². The van der Waals surface area contributed by atoms with Crippen molar-refractivity contribution in [3.05, 3.63) is 53.1 Å². The Morgan fingerprint density at radius 3 is 2.76 bits per heavy atom. The minimum atomic E-state index is -1.10. The summed E-state index contributed by atoms with van der Waals surface area (Å²) >= 11 is 0. The first-order valence-electron chi connectivity index (χ1n) is 7.65. The molecule has 0 radical (unpaired) electrons. The Kier molecular flexibility index (Phi) is 4.74. The Bertz CT molecular complexity index is 817. The molecule has 0 fully saturated rings. The van der Waals surface area contributed by atoms with Crippen LogP contribution in [0.5, 0.6) is 17.2 Å². The minimum absolute atomic E-state index is 0.0224. The van der Waals surface area contributed by atoms with Gasteiger partial charge in [0, 0.05) is 6.54 Å². The summed E-state index contributed by atoms with van der Waals surface area (Å²) in [6.07, 6.45) is 0. The number of carboxylic acid groups (broad SMARTS) is 1. The van der Waals surface area contributed by atoms with Crippen LogP contribution in [-0.4, -0.2) is 30.4 Å². The Morgan fingerprint density at radius 1 is 1.16 bits per heavy atom. The molecule has 1 aliphatic heterocycles. The van der Waals surface area contributed by atoms with Crippen LogP contribution in [0.4, 0.5) is 0 Å². The summed E-state index contributed by atoms with van der Waals surface area (Å²) < 4.78 is 15.9. The second-order valence-corrected chi connectivity index (χ2v) is 5.56. The van der Waals surface area contributed by atoms with Crippen molar-refractivity contribution >= 4 is 11.9 Å². The highest BCUT2D eigenvalue weighted by atomic mass is 16.7. The van der Waals surface area contributed by atoms with E-state index in [1.807, 2.05) is 13.0 Å². The molecule has 7 nitrogen and oxygen atoms in total. The van der Waals surface area contributed by atoms with Crippen LogP contribution < -0.4 is 19.5 Å². The van der Waals surface area contributed by atoms with E-state index in [-0.39, 0.29) is 30.6 Å². The summed E-state index contributed by atoms with van der Waals surface area (Å²) in [5.41, 5.74) is 1.73. The highest BCUT2D eigenvalue weighted by Gasteiger charge is 2.15. The first-order valence-corrected chi connectivity index (χ1v) is 7.65. The van der Waals surface area contributed by atoms with Crippen molar-refractivity contribution in [3.8, 4) is 17.2 Å². The lowest BCUT2D eigenvalue weighted by Gasteiger charge is -2.10. The fourth-order valence-corrected chi connectivity index (χ4v) is 2.37. The van der Waals surface area contributed by atoms with E-state index in [0.29, 0.717) is 18.0 Å². The van der Waals surface area contributed by atoms with Gasteiger partial charge in [-0.3, -0.25) is 4.79 Å². The van der Waals surface area contributed by atoms with Gasteiger partial charge in [0.05, 0.1) is 0 Å². The van der Waals surface area contributed by atoms with E-state index in [0.717, 1.165) is 11.1 Å². The molecule has 0 aromatic heterocycles. The van der Waals surface area contributed by atoms with Gasteiger partial charge in [0.15, 0.2) is 18.1 Å². The van der Waals surface area contributed by atoms with Crippen LogP contribution in [-0.2, 0) is 11.3 Å². The quantitative estimate of drug-likeness (QED) is 0.834. The summed E-state index contributed by atoms with van der Waals surface area (Å²) in [5.74, 6) is 0.0462. The van der Waals surface area contributed by atoms with Crippen molar-refractivity contribution in [2.45, 2.75) is 13.5 Å². The predicted octanol–water partition coefficient (Wildman–Crippen LogP) is 2.12. The largest absolute Gasteiger partial charge is 0.483 e. The second-order valence-electron chi connectivity index (χ2n) is 5.56. The van der Waals surface area contributed by atoms with Gasteiger partial charge in [0.25, 0.3) is 5.91 Å². The number of ether oxygens (including phenoxy) is 3. The standard InChI is InChI=1S/C18H17NO6/c1-11-2-4-13(18(21)22)15(6-11)23-9-17(20)19-8-12-3-5-14-16(7-12)25-10-24-14/h2-7H,8-10H2,1H3,(H,19,20)(H,21,22). The summed E-state index contributed by atoms with van der Waals surface area (Å²) in [5, 5.41) is 11.9. The molecule has 1 aliphatic rings. The number of hydrogen-bond acceptors (Lipinski definition) is 5. The number of carbonyl (C=O) groups is 2. The van der Waals surface area contributed by atoms with Gasteiger partial charge in [-0.05, 0) is 42.3 Å². The van der Waals surface area contributed by atoms with Gasteiger partial charge >= 0.3 is 5.97 Å². The molecule has 130 valence electrons. The molecule has 1 heterocycles. The third kappa shape index (κ3) is 4.00. The van der Waals surface area contributed by atoms with E-state index in [1.165, 1.54) is 6.07 Å². The number of aryl methyl sites for hydroxylation is 1. The third-order valence-electron chi connectivity index (χ3n) is 3.65. The first-order chi connectivity index (χ1) is 12.0. The molecular formula is C18H17NO6. The lowest BCUT2D eigenvalue weighted by molar-refractivity contribution is -0.123. The molecule has 0 bridgehead atoms. The maximum absolute atomic E-state index is 12.0. The molecule has 25 heavy (non-hydrogen) atoms. The molecular weight excluding hydrogens is 326 g/mol. The molecule has 0 atom stereocenters. The summed E-state index contributed by atoms with van der Waals surface area (Å²) in [6, 6.07) is 10.1. The molecule has 0 unspecified atom stereocenters. The Balaban J connectivity index is 1.55. The number of rotatable bonds is 6. The average Bonchev–Trinajstić information content (AvgIpc) is 3.05.